The summed E-state index contributed by atoms with van der Waals surface area (Å²) in [5.74, 6) is 0.582. The Bertz CT molecular complexity index is 456. The van der Waals surface area contributed by atoms with Crippen LogP contribution in [0.3, 0.4) is 0 Å². The number of carbonyl (C=O) groups excluding carboxylic acids is 2. The first-order valence-electron chi connectivity index (χ1n) is 8.71. The molecule has 0 aromatic heterocycles. The molecule has 8 heteroatoms. The molecule has 0 unspecified atom stereocenters. The summed E-state index contributed by atoms with van der Waals surface area (Å²) in [5.41, 5.74) is -1.07. The molecule has 8 nitrogen and oxygen atoms in total. The van der Waals surface area contributed by atoms with Gasteiger partial charge in [-0.15, -0.1) is 0 Å². The van der Waals surface area contributed by atoms with Crippen LogP contribution in [-0.4, -0.2) is 55.8 Å². The molecule has 0 aliphatic rings. The highest BCUT2D eigenvalue weighted by atomic mass is 16.6. The fraction of sp³-hybridized carbons (Fsp3) is 0.824. The highest BCUT2D eigenvalue weighted by molar-refractivity contribution is 5.81. The second kappa shape index (κ2) is 10.8. The Morgan fingerprint density at radius 2 is 1.64 bits per heavy atom. The standard InChI is InChI=1S/C17H35N5O3/c1-8-10-19-13(23)9-11-20-14(18-7)21-12-17(5,6)22-15(24)25-16(2,3)4/h8-12H2,1-7H3,(H,19,23)(H,22,24)(H2,18,20,21). The van der Waals surface area contributed by atoms with Gasteiger partial charge in [0.25, 0.3) is 0 Å². The monoisotopic (exact) mass is 357 g/mol. The zero-order valence-electron chi connectivity index (χ0n) is 16.7. The third-order valence-corrected chi connectivity index (χ3v) is 2.98. The number of ether oxygens (including phenoxy) is 1. The number of alkyl carbamates (subject to hydrolysis) is 1. The van der Waals surface area contributed by atoms with Crippen LogP contribution in [0.4, 0.5) is 4.79 Å². The first-order chi connectivity index (χ1) is 11.5. The van der Waals surface area contributed by atoms with E-state index < -0.39 is 17.2 Å². The number of aliphatic imine (C=N–C) groups is 1. The van der Waals surface area contributed by atoms with Crippen LogP contribution < -0.4 is 21.3 Å². The first kappa shape index (κ1) is 23.0. The van der Waals surface area contributed by atoms with E-state index in [0.29, 0.717) is 32.0 Å². The molecule has 146 valence electrons. The predicted octanol–water partition coefficient (Wildman–Crippen LogP) is 1.37. The van der Waals surface area contributed by atoms with Gasteiger partial charge in [0.05, 0.1) is 5.54 Å². The minimum Gasteiger partial charge on any atom is -0.444 e. The minimum absolute atomic E-state index is 0.0109. The Kier molecular flexibility index (Phi) is 9.93. The van der Waals surface area contributed by atoms with Crippen molar-refractivity contribution >= 4 is 18.0 Å². The van der Waals surface area contributed by atoms with Crippen LogP contribution in [0.2, 0.25) is 0 Å². The number of carbonyl (C=O) groups is 2. The van der Waals surface area contributed by atoms with Crippen molar-refractivity contribution in [3.63, 3.8) is 0 Å². The van der Waals surface area contributed by atoms with E-state index in [9.17, 15) is 9.59 Å². The molecule has 25 heavy (non-hydrogen) atoms. The summed E-state index contributed by atoms with van der Waals surface area (Å²) >= 11 is 0. The fourth-order valence-corrected chi connectivity index (χ4v) is 1.80. The van der Waals surface area contributed by atoms with Crippen molar-refractivity contribution in [3.8, 4) is 0 Å². The molecule has 2 amide bonds. The lowest BCUT2D eigenvalue weighted by molar-refractivity contribution is -0.120. The average molecular weight is 357 g/mol. The molecule has 0 rings (SSSR count). The van der Waals surface area contributed by atoms with E-state index in [1.807, 2.05) is 41.5 Å². The molecule has 0 saturated heterocycles. The molecule has 0 saturated carbocycles. The largest absolute Gasteiger partial charge is 0.444 e. The molecule has 4 N–H and O–H groups in total. The van der Waals surface area contributed by atoms with E-state index in [1.54, 1.807) is 7.05 Å². The van der Waals surface area contributed by atoms with E-state index in [0.717, 1.165) is 6.42 Å². The Morgan fingerprint density at radius 1 is 1.00 bits per heavy atom. The molecule has 0 heterocycles. The van der Waals surface area contributed by atoms with Crippen molar-refractivity contribution < 1.29 is 14.3 Å². The Labute approximate surface area is 151 Å². The molecule has 0 aliphatic heterocycles. The quantitative estimate of drug-likeness (QED) is 0.388. The van der Waals surface area contributed by atoms with Crippen LogP contribution >= 0.6 is 0 Å². The normalized spacial score (nSPS) is 12.4. The van der Waals surface area contributed by atoms with Gasteiger partial charge in [-0.3, -0.25) is 9.79 Å². The lowest BCUT2D eigenvalue weighted by Crippen LogP contribution is -2.54. The molecule has 0 spiro atoms. The summed E-state index contributed by atoms with van der Waals surface area (Å²) in [5, 5.41) is 11.8. The number of hydrogen-bond acceptors (Lipinski definition) is 4. The highest BCUT2D eigenvalue weighted by Gasteiger charge is 2.24. The van der Waals surface area contributed by atoms with Gasteiger partial charge in [0.2, 0.25) is 5.91 Å². The molecule has 0 atom stereocenters. The van der Waals surface area contributed by atoms with Gasteiger partial charge >= 0.3 is 6.09 Å². The van der Waals surface area contributed by atoms with Crippen molar-refractivity contribution in [1.82, 2.24) is 21.3 Å². The number of amides is 2. The maximum atomic E-state index is 11.9. The van der Waals surface area contributed by atoms with Crippen LogP contribution in [0.1, 0.15) is 54.4 Å². The molecule has 0 radical (unpaired) electrons. The smallest absolute Gasteiger partial charge is 0.408 e. The zero-order valence-corrected chi connectivity index (χ0v) is 16.7. The lowest BCUT2D eigenvalue weighted by atomic mass is 10.1. The molecule has 0 bridgehead atoms. The molecule has 0 aliphatic carbocycles. The van der Waals surface area contributed by atoms with E-state index in [-0.39, 0.29) is 5.91 Å². The predicted molar refractivity (Wildman–Crippen MR) is 101 cm³/mol. The van der Waals surface area contributed by atoms with Gasteiger partial charge in [0.15, 0.2) is 5.96 Å². The number of nitrogens with one attached hydrogen (secondary N) is 4. The van der Waals surface area contributed by atoms with Gasteiger partial charge < -0.3 is 26.0 Å². The minimum atomic E-state index is -0.538. The average Bonchev–Trinajstić information content (AvgIpc) is 2.45. The number of hydrogen-bond donors (Lipinski definition) is 4. The number of nitrogens with zero attached hydrogens (tertiary/aromatic N) is 1. The van der Waals surface area contributed by atoms with Crippen LogP contribution in [-0.2, 0) is 9.53 Å². The van der Waals surface area contributed by atoms with Gasteiger partial charge in [-0.1, -0.05) is 6.92 Å². The third kappa shape index (κ3) is 13.0. The molecule has 0 fully saturated rings. The number of rotatable bonds is 8. The topological polar surface area (TPSA) is 104 Å². The Morgan fingerprint density at radius 3 is 2.16 bits per heavy atom. The van der Waals surface area contributed by atoms with Crippen LogP contribution in [0.15, 0.2) is 4.99 Å². The maximum absolute atomic E-state index is 11.9. The summed E-state index contributed by atoms with van der Waals surface area (Å²) in [7, 11) is 1.65. The highest BCUT2D eigenvalue weighted by Crippen LogP contribution is 2.09. The van der Waals surface area contributed by atoms with E-state index in [4.69, 9.17) is 4.74 Å². The Hall–Kier alpha value is -1.99. The van der Waals surface area contributed by atoms with Crippen molar-refractivity contribution in [2.75, 3.05) is 26.7 Å². The first-order valence-corrected chi connectivity index (χ1v) is 8.71. The second-order valence-corrected chi connectivity index (χ2v) is 7.46. The maximum Gasteiger partial charge on any atom is 0.408 e. The van der Waals surface area contributed by atoms with Gasteiger partial charge in [-0.2, -0.15) is 0 Å². The van der Waals surface area contributed by atoms with E-state index in [1.165, 1.54) is 0 Å². The van der Waals surface area contributed by atoms with Crippen molar-refractivity contribution in [1.29, 1.82) is 0 Å². The van der Waals surface area contributed by atoms with Crippen molar-refractivity contribution in [3.05, 3.63) is 0 Å². The van der Waals surface area contributed by atoms with Crippen LogP contribution in [0, 0.1) is 0 Å². The summed E-state index contributed by atoms with van der Waals surface area (Å²) in [6.45, 7) is 12.9. The van der Waals surface area contributed by atoms with Crippen LogP contribution in [0.25, 0.3) is 0 Å². The fourth-order valence-electron chi connectivity index (χ4n) is 1.80. The summed E-state index contributed by atoms with van der Waals surface area (Å²) < 4.78 is 5.26. The lowest BCUT2D eigenvalue weighted by Gasteiger charge is -2.29. The molecular weight excluding hydrogens is 322 g/mol. The zero-order chi connectivity index (χ0) is 19.5. The third-order valence-electron chi connectivity index (χ3n) is 2.98. The SMILES string of the molecule is CCCNC(=O)CCNC(=NC)NCC(C)(C)NC(=O)OC(C)(C)C. The van der Waals surface area contributed by atoms with Gasteiger partial charge in [-0.25, -0.2) is 4.79 Å². The summed E-state index contributed by atoms with van der Waals surface area (Å²) in [6.07, 6.45) is 0.831. The number of guanidine groups is 1. The van der Waals surface area contributed by atoms with Gasteiger partial charge in [-0.05, 0) is 41.0 Å². The molecule has 0 aromatic rings. The molecule has 0 aromatic carbocycles. The van der Waals surface area contributed by atoms with E-state index >= 15 is 0 Å². The van der Waals surface area contributed by atoms with Crippen LogP contribution in [0.5, 0.6) is 0 Å². The molecular formula is C17H35N5O3. The van der Waals surface area contributed by atoms with Gasteiger partial charge in [0.1, 0.15) is 5.60 Å². The van der Waals surface area contributed by atoms with Gasteiger partial charge in [0, 0.05) is 33.1 Å². The van der Waals surface area contributed by atoms with Crippen molar-refractivity contribution in [2.45, 2.75) is 65.5 Å². The second-order valence-electron chi connectivity index (χ2n) is 7.46. The van der Waals surface area contributed by atoms with Crippen molar-refractivity contribution in [2.24, 2.45) is 4.99 Å². The summed E-state index contributed by atoms with van der Waals surface area (Å²) in [6, 6.07) is 0. The van der Waals surface area contributed by atoms with E-state index in [2.05, 4.69) is 26.3 Å². The Balaban J connectivity index is 4.23. The summed E-state index contributed by atoms with van der Waals surface area (Å²) in [4.78, 5) is 27.5.